The number of nitrogen functional groups attached to an aromatic ring is 3. The molecule has 8 N–H and O–H groups in total. The lowest BCUT2D eigenvalue weighted by molar-refractivity contribution is -0.133. The normalized spacial score (nSPS) is 8.05. The van der Waals surface area contributed by atoms with Crippen molar-refractivity contribution in [3.63, 3.8) is 0 Å². The van der Waals surface area contributed by atoms with E-state index in [2.05, 4.69) is 28.1 Å². The van der Waals surface area contributed by atoms with Gasteiger partial charge < -0.3 is 27.4 Å². The minimum Gasteiger partial charge on any atom is -0.478 e. The van der Waals surface area contributed by atoms with E-state index in [9.17, 15) is 9.59 Å². The minimum absolute atomic E-state index is 0.0417. The molecule has 0 aliphatic carbocycles. The average Bonchev–Trinajstić information content (AvgIpc) is 2.28. The highest BCUT2D eigenvalue weighted by atomic mass is 16.4. The van der Waals surface area contributed by atoms with E-state index in [1.807, 2.05) is 0 Å². The van der Waals surface area contributed by atoms with E-state index >= 15 is 0 Å². The molecule has 0 radical (unpaired) electrons. The molecule has 0 unspecified atom stereocenters. The van der Waals surface area contributed by atoms with E-state index in [0.717, 1.165) is 6.08 Å². The average molecular weight is 284 g/mol. The zero-order valence-corrected chi connectivity index (χ0v) is 10.8. The van der Waals surface area contributed by atoms with Crippen LogP contribution in [0.3, 0.4) is 0 Å². The fourth-order valence-corrected chi connectivity index (χ4v) is 0.427. The molecule has 0 amide bonds. The zero-order chi connectivity index (χ0) is 16.3. The van der Waals surface area contributed by atoms with Crippen molar-refractivity contribution in [1.29, 1.82) is 0 Å². The van der Waals surface area contributed by atoms with Gasteiger partial charge in [-0.05, 0) is 6.92 Å². The molecule has 0 atom stereocenters. The number of nitrogens with two attached hydrogens (primary N) is 3. The number of aromatic nitrogens is 3. The van der Waals surface area contributed by atoms with E-state index in [4.69, 9.17) is 27.4 Å². The molecule has 0 fully saturated rings. The Bertz CT molecular complexity index is 440. The molecular formula is C10H16N6O4. The molecule has 10 heteroatoms. The quantitative estimate of drug-likeness (QED) is 0.443. The van der Waals surface area contributed by atoms with Crippen LogP contribution in [0.5, 0.6) is 0 Å². The van der Waals surface area contributed by atoms with E-state index in [1.54, 1.807) is 0 Å². The number of rotatable bonds is 2. The van der Waals surface area contributed by atoms with Crippen LogP contribution in [-0.2, 0) is 9.59 Å². The number of anilines is 3. The minimum atomic E-state index is -0.981. The lowest BCUT2D eigenvalue weighted by Crippen LogP contribution is -2.05. The van der Waals surface area contributed by atoms with Gasteiger partial charge in [0.2, 0.25) is 17.8 Å². The molecule has 1 rings (SSSR count). The van der Waals surface area contributed by atoms with Crippen LogP contribution in [0.2, 0.25) is 0 Å². The van der Waals surface area contributed by atoms with E-state index in [0.29, 0.717) is 0 Å². The second-order valence-corrected chi connectivity index (χ2v) is 3.04. The third-order valence-corrected chi connectivity index (χ3v) is 1.23. The highest BCUT2D eigenvalue weighted by Gasteiger charge is 1.93. The Kier molecular flexibility index (Phi) is 9.41. The highest BCUT2D eigenvalue weighted by molar-refractivity contribution is 5.84. The fourth-order valence-electron chi connectivity index (χ4n) is 0.427. The lowest BCUT2D eigenvalue weighted by Gasteiger charge is -1.93. The Morgan fingerprint density at radius 1 is 1.05 bits per heavy atom. The summed E-state index contributed by atoms with van der Waals surface area (Å²) in [6.45, 7) is 7.56. The molecule has 0 saturated carbocycles. The number of carbonyl (C=O) groups is 2. The van der Waals surface area contributed by atoms with Gasteiger partial charge in [0.25, 0.3) is 0 Å². The van der Waals surface area contributed by atoms with Gasteiger partial charge in [-0.1, -0.05) is 13.2 Å². The van der Waals surface area contributed by atoms with Crippen LogP contribution in [0.15, 0.2) is 24.8 Å². The fraction of sp³-hybridized carbons (Fsp3) is 0.100. The summed E-state index contributed by atoms with van der Waals surface area (Å²) in [6, 6.07) is 0. The summed E-state index contributed by atoms with van der Waals surface area (Å²) in [5, 5.41) is 15.5. The van der Waals surface area contributed by atoms with Crippen molar-refractivity contribution in [2.75, 3.05) is 17.2 Å². The maximum absolute atomic E-state index is 9.60. The molecule has 110 valence electrons. The van der Waals surface area contributed by atoms with Gasteiger partial charge in [0.1, 0.15) is 0 Å². The van der Waals surface area contributed by atoms with Crippen LogP contribution in [0.25, 0.3) is 0 Å². The molecule has 0 spiro atoms. The first-order valence-corrected chi connectivity index (χ1v) is 4.86. The van der Waals surface area contributed by atoms with E-state index in [1.165, 1.54) is 6.92 Å². The molecule has 0 aromatic carbocycles. The maximum atomic E-state index is 9.60. The molecule has 20 heavy (non-hydrogen) atoms. The van der Waals surface area contributed by atoms with Gasteiger partial charge in [-0.25, -0.2) is 9.59 Å². The Balaban J connectivity index is 0. The van der Waals surface area contributed by atoms with Crippen LogP contribution in [0.4, 0.5) is 17.8 Å². The number of carboxylic acid groups (broad SMARTS) is 2. The lowest BCUT2D eigenvalue weighted by atomic mass is 10.4. The number of aliphatic carboxylic acids is 2. The van der Waals surface area contributed by atoms with Crippen LogP contribution in [0, 0.1) is 0 Å². The summed E-state index contributed by atoms with van der Waals surface area (Å²) < 4.78 is 0. The summed E-state index contributed by atoms with van der Waals surface area (Å²) in [7, 11) is 0. The van der Waals surface area contributed by atoms with Gasteiger partial charge in [0, 0.05) is 11.6 Å². The van der Waals surface area contributed by atoms with E-state index < -0.39 is 11.9 Å². The summed E-state index contributed by atoms with van der Waals surface area (Å²) >= 11 is 0. The number of hydrogen-bond donors (Lipinski definition) is 5. The predicted molar refractivity (Wildman–Crippen MR) is 73.3 cm³/mol. The highest BCUT2D eigenvalue weighted by Crippen LogP contribution is 1.97. The molecule has 0 aliphatic heterocycles. The number of carboxylic acids is 2. The van der Waals surface area contributed by atoms with Crippen LogP contribution in [-0.4, -0.2) is 37.1 Å². The summed E-state index contributed by atoms with van der Waals surface area (Å²) in [6.07, 6.45) is 0.833. The molecule has 0 bridgehead atoms. The smallest absolute Gasteiger partial charge is 0.330 e. The maximum Gasteiger partial charge on any atom is 0.330 e. The molecular weight excluding hydrogens is 268 g/mol. The van der Waals surface area contributed by atoms with E-state index in [-0.39, 0.29) is 23.4 Å². The second kappa shape index (κ2) is 9.82. The zero-order valence-electron chi connectivity index (χ0n) is 10.8. The van der Waals surface area contributed by atoms with Crippen molar-refractivity contribution in [2.24, 2.45) is 0 Å². The second-order valence-electron chi connectivity index (χ2n) is 3.04. The SMILES string of the molecule is C=C(C)C(=O)O.C=CC(=O)O.Nc1nc(N)nc(N)n1. The molecule has 1 aromatic rings. The molecule has 0 aliphatic rings. The monoisotopic (exact) mass is 284 g/mol. The van der Waals surface area contributed by atoms with Crippen molar-refractivity contribution in [1.82, 2.24) is 15.0 Å². The van der Waals surface area contributed by atoms with Gasteiger partial charge >= 0.3 is 11.9 Å². The predicted octanol–water partition coefficient (Wildman–Crippen LogP) is -0.478. The number of hydrogen-bond acceptors (Lipinski definition) is 8. The standard InChI is InChI=1S/C4H6O2.C3H6N6.C3H4O2/c1-3(2)4(5)6;4-1-7-2(5)9-3(6)8-1;1-2-3(4)5/h1H2,2H3,(H,5,6);(H6,4,5,6,7,8,9);2H,1H2,(H,4,5). The molecule has 1 aromatic heterocycles. The van der Waals surface area contributed by atoms with Gasteiger partial charge in [-0.2, -0.15) is 15.0 Å². The largest absolute Gasteiger partial charge is 0.478 e. The summed E-state index contributed by atoms with van der Waals surface area (Å²) in [5.74, 6) is -1.79. The Morgan fingerprint density at radius 2 is 1.25 bits per heavy atom. The van der Waals surface area contributed by atoms with Gasteiger partial charge in [-0.15, -0.1) is 0 Å². The van der Waals surface area contributed by atoms with Crippen LogP contribution in [0.1, 0.15) is 6.92 Å². The Morgan fingerprint density at radius 3 is 1.35 bits per heavy atom. The first-order valence-electron chi connectivity index (χ1n) is 4.86. The summed E-state index contributed by atoms with van der Waals surface area (Å²) in [4.78, 5) is 29.3. The van der Waals surface area contributed by atoms with Crippen LogP contribution < -0.4 is 17.2 Å². The molecule has 0 saturated heterocycles. The third-order valence-electron chi connectivity index (χ3n) is 1.23. The number of nitrogens with zero attached hydrogens (tertiary/aromatic N) is 3. The Labute approximate surface area is 114 Å². The first-order chi connectivity index (χ1) is 9.09. The Hall–Kier alpha value is -3.17. The van der Waals surface area contributed by atoms with Crippen molar-refractivity contribution in [3.8, 4) is 0 Å². The third kappa shape index (κ3) is 12.9. The topological polar surface area (TPSA) is 191 Å². The van der Waals surface area contributed by atoms with Gasteiger partial charge in [0.05, 0.1) is 0 Å². The van der Waals surface area contributed by atoms with Gasteiger partial charge in [0.15, 0.2) is 0 Å². The van der Waals surface area contributed by atoms with Crippen LogP contribution >= 0.6 is 0 Å². The van der Waals surface area contributed by atoms with Crippen molar-refractivity contribution < 1.29 is 19.8 Å². The molecule has 1 heterocycles. The van der Waals surface area contributed by atoms with Crippen molar-refractivity contribution in [3.05, 3.63) is 24.8 Å². The summed E-state index contributed by atoms with van der Waals surface area (Å²) in [5.41, 5.74) is 15.6. The first kappa shape index (κ1) is 19.2. The van der Waals surface area contributed by atoms with Gasteiger partial charge in [-0.3, -0.25) is 0 Å². The van der Waals surface area contributed by atoms with Crippen molar-refractivity contribution >= 4 is 29.8 Å². The van der Waals surface area contributed by atoms with Crippen molar-refractivity contribution in [2.45, 2.75) is 6.92 Å². The molecule has 10 nitrogen and oxygen atoms in total.